The van der Waals surface area contributed by atoms with Crippen molar-refractivity contribution in [3.05, 3.63) is 71.0 Å². The smallest absolute Gasteiger partial charge is 0.407 e. The number of amides is 1. The summed E-state index contributed by atoms with van der Waals surface area (Å²) < 4.78 is 24.6. The number of nitrogens with one attached hydrogen (secondary N) is 2. The molecule has 1 saturated heterocycles. The Kier molecular flexibility index (Phi) is 7.85. The van der Waals surface area contributed by atoms with Crippen molar-refractivity contribution in [2.45, 2.75) is 45.3 Å². The summed E-state index contributed by atoms with van der Waals surface area (Å²) in [5.41, 5.74) is 1.75. The van der Waals surface area contributed by atoms with Gasteiger partial charge < -0.3 is 20.1 Å². The zero-order chi connectivity index (χ0) is 23.1. The lowest BCUT2D eigenvalue weighted by Gasteiger charge is -2.34. The lowest BCUT2D eigenvalue weighted by atomic mass is 9.79. The molecule has 2 N–H and O–H groups in total. The molecule has 1 fully saturated rings. The van der Waals surface area contributed by atoms with Crippen molar-refractivity contribution >= 4 is 12.1 Å². The van der Waals surface area contributed by atoms with Crippen LogP contribution in [0.25, 0.3) is 0 Å². The van der Waals surface area contributed by atoms with E-state index in [0.717, 1.165) is 16.7 Å². The third kappa shape index (κ3) is 6.53. The number of esters is 1. The molecule has 3 rings (SSSR count). The van der Waals surface area contributed by atoms with Gasteiger partial charge in [0.15, 0.2) is 0 Å². The lowest BCUT2D eigenvalue weighted by Crippen LogP contribution is -2.46. The van der Waals surface area contributed by atoms with E-state index in [1.54, 1.807) is 19.9 Å². The predicted octanol–water partition coefficient (Wildman–Crippen LogP) is 4.08. The maximum atomic E-state index is 13.5. The molecule has 32 heavy (non-hydrogen) atoms. The molecular formula is C25H31FN2O4. The first-order valence-corrected chi connectivity index (χ1v) is 10.9. The van der Waals surface area contributed by atoms with Crippen LogP contribution in [0.4, 0.5) is 9.18 Å². The van der Waals surface area contributed by atoms with Crippen LogP contribution in [0.3, 0.4) is 0 Å². The highest BCUT2D eigenvalue weighted by Crippen LogP contribution is 2.33. The number of hydrogen-bond donors (Lipinski definition) is 2. The average Bonchev–Trinajstić information content (AvgIpc) is 2.77. The third-order valence-electron chi connectivity index (χ3n) is 5.66. The highest BCUT2D eigenvalue weighted by atomic mass is 19.1. The van der Waals surface area contributed by atoms with Gasteiger partial charge in [0.05, 0.1) is 12.5 Å². The molecular weight excluding hydrogens is 411 g/mol. The van der Waals surface area contributed by atoms with Crippen LogP contribution in [0.5, 0.6) is 0 Å². The van der Waals surface area contributed by atoms with E-state index < -0.39 is 11.7 Å². The Balaban J connectivity index is 1.55. The zero-order valence-corrected chi connectivity index (χ0v) is 18.8. The van der Waals surface area contributed by atoms with E-state index in [-0.39, 0.29) is 36.8 Å². The molecule has 2 unspecified atom stereocenters. The summed E-state index contributed by atoms with van der Waals surface area (Å²) in [6.07, 6.45) is 0.0582. The molecule has 0 radical (unpaired) electrons. The van der Waals surface area contributed by atoms with Crippen LogP contribution >= 0.6 is 0 Å². The Morgan fingerprint density at radius 1 is 1.19 bits per heavy atom. The van der Waals surface area contributed by atoms with E-state index in [9.17, 15) is 14.0 Å². The number of halogens is 1. The molecule has 2 atom stereocenters. The molecule has 0 aromatic heterocycles. The van der Waals surface area contributed by atoms with Crippen LogP contribution in [-0.2, 0) is 20.9 Å². The molecule has 6 nitrogen and oxygen atoms in total. The Labute approximate surface area is 188 Å². The van der Waals surface area contributed by atoms with Gasteiger partial charge in [0.1, 0.15) is 18.0 Å². The summed E-state index contributed by atoms with van der Waals surface area (Å²) in [6.45, 7) is 6.98. The summed E-state index contributed by atoms with van der Waals surface area (Å²) in [5.74, 6) is -1.05. The van der Waals surface area contributed by atoms with Crippen molar-refractivity contribution in [3.8, 4) is 0 Å². The Hall–Kier alpha value is -2.93. The number of carbonyl (C=O) groups excluding carboxylic acids is 2. The maximum absolute atomic E-state index is 13.5. The van der Waals surface area contributed by atoms with Gasteiger partial charge in [0.2, 0.25) is 0 Å². The summed E-state index contributed by atoms with van der Waals surface area (Å²) >= 11 is 0. The molecule has 1 aliphatic rings. The Bertz CT molecular complexity index is 933. The normalized spacial score (nSPS) is 18.6. The number of hydrogen-bond acceptors (Lipinski definition) is 5. The van der Waals surface area contributed by atoms with Crippen molar-refractivity contribution in [2.24, 2.45) is 5.92 Å². The van der Waals surface area contributed by atoms with E-state index in [1.165, 1.54) is 12.1 Å². The number of aryl methyl sites for hydroxylation is 1. The fraction of sp³-hybridized carbons (Fsp3) is 0.440. The minimum absolute atomic E-state index is 0.101. The van der Waals surface area contributed by atoms with E-state index in [0.29, 0.717) is 19.5 Å². The highest BCUT2D eigenvalue weighted by molar-refractivity contribution is 5.75. The van der Waals surface area contributed by atoms with E-state index in [2.05, 4.69) is 10.6 Å². The molecule has 1 heterocycles. The van der Waals surface area contributed by atoms with Crippen LogP contribution in [0.15, 0.2) is 48.5 Å². The van der Waals surface area contributed by atoms with Crippen molar-refractivity contribution in [2.75, 3.05) is 19.6 Å². The predicted molar refractivity (Wildman–Crippen MR) is 120 cm³/mol. The standard InChI is InChI=1S/C25H31FN2O4/c1-17-13-19(26)9-10-20(17)22-14-27-12-11-21(22)23(29)32-25(2,3)16-28-24(30)31-15-18-7-5-4-6-8-18/h4-10,13,21-22,27H,11-12,14-16H2,1-3H3,(H,28,30). The van der Waals surface area contributed by atoms with E-state index in [4.69, 9.17) is 9.47 Å². The molecule has 0 spiro atoms. The number of alkyl carbamates (subject to hydrolysis) is 1. The molecule has 7 heteroatoms. The highest BCUT2D eigenvalue weighted by Gasteiger charge is 2.36. The van der Waals surface area contributed by atoms with Crippen molar-refractivity contribution in [3.63, 3.8) is 0 Å². The van der Waals surface area contributed by atoms with Gasteiger partial charge in [-0.25, -0.2) is 9.18 Å². The minimum atomic E-state index is -0.907. The lowest BCUT2D eigenvalue weighted by molar-refractivity contribution is -0.162. The number of carbonyl (C=O) groups is 2. The fourth-order valence-corrected chi connectivity index (χ4v) is 3.97. The average molecular weight is 443 g/mol. The Morgan fingerprint density at radius 2 is 1.94 bits per heavy atom. The van der Waals surface area contributed by atoms with Gasteiger partial charge in [-0.3, -0.25) is 4.79 Å². The number of benzene rings is 2. The van der Waals surface area contributed by atoms with E-state index in [1.807, 2.05) is 37.3 Å². The third-order valence-corrected chi connectivity index (χ3v) is 5.66. The zero-order valence-electron chi connectivity index (χ0n) is 18.8. The minimum Gasteiger partial charge on any atom is -0.458 e. The van der Waals surface area contributed by atoms with Gasteiger partial charge >= 0.3 is 12.1 Å². The van der Waals surface area contributed by atoms with Crippen LogP contribution in [0.2, 0.25) is 0 Å². The summed E-state index contributed by atoms with van der Waals surface area (Å²) in [6, 6.07) is 14.0. The first-order valence-electron chi connectivity index (χ1n) is 10.9. The summed E-state index contributed by atoms with van der Waals surface area (Å²) in [7, 11) is 0. The van der Waals surface area contributed by atoms with Gasteiger partial charge in [0, 0.05) is 12.5 Å². The van der Waals surface area contributed by atoms with Crippen LogP contribution in [-0.4, -0.2) is 37.3 Å². The quantitative estimate of drug-likeness (QED) is 0.632. The Morgan fingerprint density at radius 3 is 2.66 bits per heavy atom. The van der Waals surface area contributed by atoms with Crippen LogP contribution in [0.1, 0.15) is 42.9 Å². The molecule has 2 aromatic rings. The second-order valence-electron chi connectivity index (χ2n) is 8.80. The van der Waals surface area contributed by atoms with Crippen molar-refractivity contribution < 1.29 is 23.5 Å². The number of ether oxygens (including phenoxy) is 2. The van der Waals surface area contributed by atoms with Gasteiger partial charge in [0.25, 0.3) is 0 Å². The van der Waals surface area contributed by atoms with Crippen LogP contribution < -0.4 is 10.6 Å². The first-order chi connectivity index (χ1) is 15.2. The summed E-state index contributed by atoms with van der Waals surface area (Å²) in [5, 5.41) is 5.98. The second-order valence-corrected chi connectivity index (χ2v) is 8.80. The molecule has 0 aliphatic carbocycles. The van der Waals surface area contributed by atoms with E-state index >= 15 is 0 Å². The molecule has 1 aliphatic heterocycles. The number of rotatable bonds is 7. The van der Waals surface area contributed by atoms with Crippen molar-refractivity contribution in [1.82, 2.24) is 10.6 Å². The second kappa shape index (κ2) is 10.6. The first kappa shape index (κ1) is 23.7. The number of piperidine rings is 1. The largest absolute Gasteiger partial charge is 0.458 e. The molecule has 0 bridgehead atoms. The van der Waals surface area contributed by atoms with Crippen molar-refractivity contribution in [1.29, 1.82) is 0 Å². The van der Waals surface area contributed by atoms with Gasteiger partial charge in [-0.1, -0.05) is 36.4 Å². The molecule has 172 valence electrons. The maximum Gasteiger partial charge on any atom is 0.407 e. The summed E-state index contributed by atoms with van der Waals surface area (Å²) in [4.78, 5) is 25.1. The molecule has 2 aromatic carbocycles. The molecule has 0 saturated carbocycles. The topological polar surface area (TPSA) is 76.7 Å². The van der Waals surface area contributed by atoms with Crippen LogP contribution in [0, 0.1) is 18.7 Å². The fourth-order valence-electron chi connectivity index (χ4n) is 3.97. The van der Waals surface area contributed by atoms with Gasteiger partial charge in [-0.2, -0.15) is 0 Å². The monoisotopic (exact) mass is 442 g/mol. The SMILES string of the molecule is Cc1cc(F)ccc1C1CNCCC1C(=O)OC(C)(C)CNC(=O)OCc1ccccc1. The molecule has 1 amide bonds. The van der Waals surface area contributed by atoms with Gasteiger partial charge in [-0.05, 0) is 62.6 Å². The van der Waals surface area contributed by atoms with Gasteiger partial charge in [-0.15, -0.1) is 0 Å².